The number of amides is 1. The number of esters is 1. The van der Waals surface area contributed by atoms with Crippen molar-refractivity contribution in [1.82, 2.24) is 5.32 Å². The number of nitrogens with two attached hydrogens (primary N) is 1. The summed E-state index contributed by atoms with van der Waals surface area (Å²) in [5.74, 6) is -0.852. The fraction of sp³-hybridized carbons (Fsp3) is 0.667. The Labute approximate surface area is 64.9 Å². The standard InChI is InChI=1S/C6H12N2O3/c1-4(7)6(10)8-3-5(9)11-2/h4H,3,7H2,1-2H3,(H,8,10)/t4-/m0/s1/i3+2,5+2. The minimum atomic E-state index is -0.598. The summed E-state index contributed by atoms with van der Waals surface area (Å²) in [4.78, 5) is 21.2. The van der Waals surface area contributed by atoms with E-state index >= 15 is 0 Å². The monoisotopic (exact) mass is 164 g/mol. The van der Waals surface area contributed by atoms with E-state index < -0.39 is 12.0 Å². The number of hydrogen-bond donors (Lipinski definition) is 2. The number of nitrogens with one attached hydrogen (secondary N) is 1. The average Bonchev–Trinajstić information content (AvgIpc) is 1.99. The van der Waals surface area contributed by atoms with Crippen molar-refractivity contribution in [2.24, 2.45) is 5.73 Å². The molecule has 64 valence electrons. The molecule has 0 aromatic heterocycles. The molecule has 0 aromatic carbocycles. The lowest BCUT2D eigenvalue weighted by atomic mass is 10.4. The maximum Gasteiger partial charge on any atom is 0.325 e. The Balaban J connectivity index is 3.54. The molecule has 0 saturated heterocycles. The van der Waals surface area contributed by atoms with Crippen LogP contribution in [0.15, 0.2) is 0 Å². The van der Waals surface area contributed by atoms with Crippen LogP contribution in [0.1, 0.15) is 6.92 Å². The third-order valence-corrected chi connectivity index (χ3v) is 1.05. The zero-order chi connectivity index (χ0) is 8.85. The van der Waals surface area contributed by atoms with Crippen molar-refractivity contribution in [3.63, 3.8) is 0 Å². The second kappa shape index (κ2) is 4.68. The Morgan fingerprint density at radius 1 is 1.82 bits per heavy atom. The molecule has 11 heavy (non-hydrogen) atoms. The normalized spacial score (nSPS) is 11.9. The van der Waals surface area contributed by atoms with E-state index in [9.17, 15) is 9.59 Å². The third-order valence-electron chi connectivity index (χ3n) is 1.05. The second-order valence-electron chi connectivity index (χ2n) is 2.08. The molecule has 0 aliphatic heterocycles. The molecular formula is C6H12N2O3. The van der Waals surface area contributed by atoms with Crippen molar-refractivity contribution in [2.75, 3.05) is 13.7 Å². The summed E-state index contributed by atoms with van der Waals surface area (Å²) >= 11 is 0. The Kier molecular flexibility index (Phi) is 4.21. The quantitative estimate of drug-likeness (QED) is 0.504. The first-order valence-corrected chi connectivity index (χ1v) is 3.18. The molecule has 0 bridgehead atoms. The maximum absolute atomic E-state index is 10.7. The van der Waals surface area contributed by atoms with Crippen molar-refractivity contribution in [3.05, 3.63) is 0 Å². The number of carbonyl (C=O) groups is 2. The van der Waals surface area contributed by atoms with Gasteiger partial charge in [-0.05, 0) is 6.92 Å². The Morgan fingerprint density at radius 3 is 2.73 bits per heavy atom. The molecule has 0 spiro atoms. The smallest absolute Gasteiger partial charge is 0.325 e. The molecule has 0 radical (unpaired) electrons. The van der Waals surface area contributed by atoms with Gasteiger partial charge in [-0.2, -0.15) is 0 Å². The van der Waals surface area contributed by atoms with Crippen LogP contribution in [0.4, 0.5) is 0 Å². The molecule has 1 amide bonds. The van der Waals surface area contributed by atoms with Crippen molar-refractivity contribution in [2.45, 2.75) is 13.0 Å². The molecule has 0 saturated carbocycles. The molecule has 0 fully saturated rings. The van der Waals surface area contributed by atoms with E-state index in [4.69, 9.17) is 5.73 Å². The van der Waals surface area contributed by atoms with Gasteiger partial charge in [0.1, 0.15) is 6.54 Å². The lowest BCUT2D eigenvalue weighted by molar-refractivity contribution is -0.141. The molecule has 0 aliphatic rings. The highest BCUT2D eigenvalue weighted by Gasteiger charge is 2.08. The molecule has 0 heterocycles. The average molecular weight is 164 g/mol. The lowest BCUT2D eigenvalue weighted by Gasteiger charge is -2.05. The van der Waals surface area contributed by atoms with Gasteiger partial charge in [-0.25, -0.2) is 0 Å². The van der Waals surface area contributed by atoms with Crippen LogP contribution in [0.25, 0.3) is 0 Å². The molecule has 0 rings (SSSR count). The fourth-order valence-electron chi connectivity index (χ4n) is 0.392. The zero-order valence-electron chi connectivity index (χ0n) is 6.59. The molecular weight excluding hydrogens is 152 g/mol. The predicted octanol–water partition coefficient (Wildman–Crippen LogP) is -1.38. The summed E-state index contributed by atoms with van der Waals surface area (Å²) in [6, 6.07) is -0.598. The fourth-order valence-corrected chi connectivity index (χ4v) is 0.392. The number of hydrogen-bond acceptors (Lipinski definition) is 4. The summed E-state index contributed by atoms with van der Waals surface area (Å²) in [7, 11) is 1.25. The van der Waals surface area contributed by atoms with Gasteiger partial charge in [-0.1, -0.05) is 0 Å². The highest BCUT2D eigenvalue weighted by atomic mass is 16.8. The molecule has 5 heteroatoms. The summed E-state index contributed by atoms with van der Waals surface area (Å²) < 4.78 is 4.29. The number of ether oxygens (including phenoxy) is 1. The molecule has 5 nitrogen and oxygen atoms in total. The van der Waals surface area contributed by atoms with Gasteiger partial charge in [-0.3, -0.25) is 9.59 Å². The van der Waals surface area contributed by atoms with Gasteiger partial charge < -0.3 is 15.8 Å². The van der Waals surface area contributed by atoms with E-state index in [2.05, 4.69) is 10.1 Å². The summed E-state index contributed by atoms with van der Waals surface area (Å²) in [5, 5.41) is 2.29. The van der Waals surface area contributed by atoms with Crippen LogP contribution in [0.2, 0.25) is 0 Å². The first kappa shape index (κ1) is 9.90. The Hall–Kier alpha value is -1.10. The number of methoxy groups -OCH3 is 1. The van der Waals surface area contributed by atoms with Crippen molar-refractivity contribution in [3.8, 4) is 0 Å². The topological polar surface area (TPSA) is 81.4 Å². The van der Waals surface area contributed by atoms with Crippen LogP contribution in [-0.2, 0) is 14.3 Å². The first-order valence-electron chi connectivity index (χ1n) is 3.18. The van der Waals surface area contributed by atoms with E-state index in [1.54, 1.807) is 0 Å². The lowest BCUT2D eigenvalue weighted by Crippen LogP contribution is -2.40. The van der Waals surface area contributed by atoms with Gasteiger partial charge in [-0.15, -0.1) is 0 Å². The van der Waals surface area contributed by atoms with Gasteiger partial charge in [0.25, 0.3) is 0 Å². The highest BCUT2D eigenvalue weighted by Crippen LogP contribution is 1.75. The molecule has 0 aromatic rings. The van der Waals surface area contributed by atoms with Gasteiger partial charge in [0, 0.05) is 0 Å². The van der Waals surface area contributed by atoms with E-state index in [0.29, 0.717) is 0 Å². The maximum atomic E-state index is 10.7. The molecule has 1 atom stereocenters. The summed E-state index contributed by atoms with van der Waals surface area (Å²) in [5.41, 5.74) is 5.20. The van der Waals surface area contributed by atoms with Crippen LogP contribution in [0, 0.1) is 0 Å². The van der Waals surface area contributed by atoms with Gasteiger partial charge in [0.2, 0.25) is 5.91 Å². The second-order valence-corrected chi connectivity index (χ2v) is 2.08. The summed E-state index contributed by atoms with van der Waals surface area (Å²) in [6.07, 6.45) is 0. The van der Waals surface area contributed by atoms with E-state index in [-0.39, 0.29) is 12.5 Å². The summed E-state index contributed by atoms with van der Waals surface area (Å²) in [6.45, 7) is 1.41. The van der Waals surface area contributed by atoms with Crippen molar-refractivity contribution in [1.29, 1.82) is 0 Å². The predicted molar refractivity (Wildman–Crippen MR) is 38.7 cm³/mol. The Morgan fingerprint density at radius 2 is 2.36 bits per heavy atom. The van der Waals surface area contributed by atoms with Crippen molar-refractivity contribution >= 4 is 11.9 Å². The number of rotatable bonds is 3. The van der Waals surface area contributed by atoms with E-state index in [1.807, 2.05) is 0 Å². The van der Waals surface area contributed by atoms with E-state index in [0.717, 1.165) is 0 Å². The highest BCUT2D eigenvalue weighted by molar-refractivity contribution is 5.85. The van der Waals surface area contributed by atoms with Gasteiger partial charge >= 0.3 is 5.97 Å². The minimum absolute atomic E-state index is 0.128. The van der Waals surface area contributed by atoms with Crippen LogP contribution < -0.4 is 11.1 Å². The largest absolute Gasteiger partial charge is 0.468 e. The molecule has 0 aliphatic carbocycles. The van der Waals surface area contributed by atoms with Crippen molar-refractivity contribution < 1.29 is 14.3 Å². The minimum Gasteiger partial charge on any atom is -0.468 e. The van der Waals surface area contributed by atoms with E-state index in [1.165, 1.54) is 14.0 Å². The van der Waals surface area contributed by atoms with Gasteiger partial charge in [0.15, 0.2) is 0 Å². The third kappa shape index (κ3) is 4.32. The molecule has 0 unspecified atom stereocenters. The zero-order valence-corrected chi connectivity index (χ0v) is 6.59. The van der Waals surface area contributed by atoms with Crippen LogP contribution in [0.3, 0.4) is 0 Å². The number of carbonyl (C=O) groups excluding carboxylic acids is 2. The van der Waals surface area contributed by atoms with Gasteiger partial charge in [0.05, 0.1) is 13.2 Å². The first-order chi connectivity index (χ1) is 5.07. The SMILES string of the molecule is CO[14C](=O)[14CH2]NC(=O)[C@H](C)N. The Bertz CT molecular complexity index is 156. The molecule has 3 N–H and O–H groups in total. The van der Waals surface area contributed by atoms with Crippen LogP contribution >= 0.6 is 0 Å². The van der Waals surface area contributed by atoms with Crippen LogP contribution in [0.5, 0.6) is 0 Å². The van der Waals surface area contributed by atoms with Crippen LogP contribution in [-0.4, -0.2) is 31.6 Å².